The van der Waals surface area contributed by atoms with Crippen LogP contribution in [0.25, 0.3) is 32.1 Å². The van der Waals surface area contributed by atoms with Crippen molar-refractivity contribution in [3.8, 4) is 23.2 Å². The summed E-state index contributed by atoms with van der Waals surface area (Å²) >= 11 is 0.679. The van der Waals surface area contributed by atoms with Crippen LogP contribution in [0.15, 0.2) is 18.2 Å². The van der Waals surface area contributed by atoms with Crippen LogP contribution >= 0.6 is 11.3 Å². The van der Waals surface area contributed by atoms with Crippen molar-refractivity contribution in [2.75, 3.05) is 43.9 Å². The minimum atomic E-state index is -5.12. The number of aromatic nitrogens is 2. The molecule has 0 radical (unpaired) electrons. The lowest BCUT2D eigenvalue weighted by atomic mass is 9.92. The molecule has 3 atom stereocenters. The van der Waals surface area contributed by atoms with E-state index in [0.717, 1.165) is 37.5 Å². The molecule has 1 amide bonds. The first-order chi connectivity index (χ1) is 23.8. The van der Waals surface area contributed by atoms with Crippen molar-refractivity contribution in [3.05, 3.63) is 41.0 Å². The summed E-state index contributed by atoms with van der Waals surface area (Å²) in [6.07, 6.45) is -2.62. The molecule has 4 aromatic rings. The molecular formula is C34H31F6N7O2S. The lowest BCUT2D eigenvalue weighted by Crippen LogP contribution is -2.43. The van der Waals surface area contributed by atoms with Crippen LogP contribution in [0.3, 0.4) is 0 Å². The number of ether oxygens (including phenoxy) is 1. The number of amides is 1. The van der Waals surface area contributed by atoms with E-state index in [4.69, 9.17) is 10.5 Å². The fraction of sp³-hybridized carbons (Fsp3) is 0.471. The molecule has 3 unspecified atom stereocenters. The second-order valence-electron chi connectivity index (χ2n) is 13.7. The van der Waals surface area contributed by atoms with E-state index < -0.39 is 52.2 Å². The number of thiophene rings is 1. The maximum atomic E-state index is 17.1. The van der Waals surface area contributed by atoms with Crippen molar-refractivity contribution >= 4 is 49.1 Å². The van der Waals surface area contributed by atoms with Crippen LogP contribution in [0.2, 0.25) is 0 Å². The Hall–Kier alpha value is -4.36. The zero-order valence-corrected chi connectivity index (χ0v) is 27.6. The summed E-state index contributed by atoms with van der Waals surface area (Å²) in [5.41, 5.74) is 1.85. The van der Waals surface area contributed by atoms with Crippen LogP contribution < -0.4 is 15.4 Å². The number of carbonyl (C=O) groups is 1. The Labute approximate surface area is 286 Å². The summed E-state index contributed by atoms with van der Waals surface area (Å²) < 4.78 is 97.3. The minimum absolute atomic E-state index is 0.0210. The van der Waals surface area contributed by atoms with Gasteiger partial charge in [-0.05, 0) is 49.9 Å². The van der Waals surface area contributed by atoms with Crippen molar-refractivity contribution in [1.82, 2.24) is 19.8 Å². The van der Waals surface area contributed by atoms with Crippen LogP contribution in [0, 0.1) is 23.0 Å². The lowest BCUT2D eigenvalue weighted by Gasteiger charge is -2.31. The number of hydrogen-bond donors (Lipinski definition) is 1. The standard InChI is InChI=1S/C34H31F6N7O2S/c1-45(18-9-24(48)47(14-18)17-3-4-17)31-20-10-22(34(38,39)40)26(19-5-6-23(36)29-25(19)21(12-41)30(42)50-29)27(37)28(20)43-32(44-31)49-15-33-7-2-8-46(33)13-16(35)11-33/h5-6,10,16-18H,2-4,7-9,11,13-15,42H2,1H3. The molecule has 4 fully saturated rings. The SMILES string of the molecule is CN(c1nc(OCC23CCCN2CC(F)C3)nc2c(F)c(-c3ccc(F)c4sc(N)c(C#N)c34)c(C(F)(F)F)cc12)C1CC(=O)N(C2CC2)C1. The second-order valence-corrected chi connectivity index (χ2v) is 14.8. The third-order valence-electron chi connectivity index (χ3n) is 10.6. The van der Waals surface area contributed by atoms with E-state index in [2.05, 4.69) is 9.97 Å². The van der Waals surface area contributed by atoms with E-state index in [0.29, 0.717) is 30.8 Å². The minimum Gasteiger partial charge on any atom is -0.461 e. The Morgan fingerprint density at radius 3 is 2.72 bits per heavy atom. The highest BCUT2D eigenvalue weighted by Gasteiger charge is 2.50. The van der Waals surface area contributed by atoms with Gasteiger partial charge in [-0.3, -0.25) is 9.69 Å². The molecular weight excluding hydrogens is 684 g/mol. The summed E-state index contributed by atoms with van der Waals surface area (Å²) in [6, 6.07) is 3.78. The molecule has 0 spiro atoms. The predicted octanol–water partition coefficient (Wildman–Crippen LogP) is 6.42. The number of anilines is 2. The summed E-state index contributed by atoms with van der Waals surface area (Å²) in [5.74, 6) is -2.37. The Morgan fingerprint density at radius 2 is 2.00 bits per heavy atom. The van der Waals surface area contributed by atoms with Crippen molar-refractivity contribution in [1.29, 1.82) is 5.26 Å². The molecule has 8 rings (SSSR count). The zero-order valence-electron chi connectivity index (χ0n) is 26.8. The number of likely N-dealkylation sites (N-methyl/N-ethyl adjacent to an activating group) is 1. The number of fused-ring (bicyclic) bond motifs is 3. The van der Waals surface area contributed by atoms with Crippen molar-refractivity contribution < 1.29 is 35.9 Å². The van der Waals surface area contributed by atoms with Gasteiger partial charge in [-0.1, -0.05) is 6.07 Å². The van der Waals surface area contributed by atoms with Crippen molar-refractivity contribution in [2.24, 2.45) is 0 Å². The van der Waals surface area contributed by atoms with Crippen molar-refractivity contribution in [3.63, 3.8) is 0 Å². The highest BCUT2D eigenvalue weighted by Crippen LogP contribution is 2.48. The normalized spacial score (nSPS) is 24.0. The fourth-order valence-electron chi connectivity index (χ4n) is 8.05. The molecule has 3 saturated heterocycles. The largest absolute Gasteiger partial charge is 0.461 e. The second kappa shape index (κ2) is 11.6. The number of rotatable bonds is 7. The molecule has 1 saturated carbocycles. The number of benzene rings is 2. The van der Waals surface area contributed by atoms with Crippen LogP contribution in [0.1, 0.15) is 49.7 Å². The van der Waals surface area contributed by atoms with Gasteiger partial charge < -0.3 is 20.3 Å². The smallest absolute Gasteiger partial charge is 0.417 e. The summed E-state index contributed by atoms with van der Waals surface area (Å²) in [6.45, 7) is 1.23. The van der Waals surface area contributed by atoms with Gasteiger partial charge >= 0.3 is 12.2 Å². The molecule has 262 valence electrons. The van der Waals surface area contributed by atoms with Gasteiger partial charge in [0.05, 0.1) is 27.4 Å². The maximum Gasteiger partial charge on any atom is 0.417 e. The average Bonchev–Trinajstić information content (AvgIpc) is 3.41. The monoisotopic (exact) mass is 715 g/mol. The Kier molecular flexibility index (Phi) is 7.61. The molecule has 5 heterocycles. The lowest BCUT2D eigenvalue weighted by molar-refractivity contribution is -0.137. The third-order valence-corrected chi connectivity index (χ3v) is 11.7. The first-order valence-corrected chi connectivity index (χ1v) is 17.2. The van der Waals surface area contributed by atoms with E-state index in [1.165, 1.54) is 0 Å². The number of alkyl halides is 4. The van der Waals surface area contributed by atoms with E-state index >= 15 is 4.39 Å². The number of halogens is 6. The molecule has 2 aromatic carbocycles. The molecule has 50 heavy (non-hydrogen) atoms. The Bertz CT molecular complexity index is 2110. The summed E-state index contributed by atoms with van der Waals surface area (Å²) in [7, 11) is 1.58. The van der Waals surface area contributed by atoms with Gasteiger partial charge in [-0.15, -0.1) is 11.3 Å². The fourth-order valence-corrected chi connectivity index (χ4v) is 9.00. The number of likely N-dealkylation sites (tertiary alicyclic amines) is 1. The number of nitrogens with two attached hydrogens (primary N) is 1. The Balaban J connectivity index is 1.32. The number of nitriles is 1. The molecule has 2 aromatic heterocycles. The zero-order chi connectivity index (χ0) is 35.3. The summed E-state index contributed by atoms with van der Waals surface area (Å²) in [5, 5.41) is 9.18. The van der Waals surface area contributed by atoms with Gasteiger partial charge in [0.25, 0.3) is 0 Å². The van der Waals surface area contributed by atoms with Crippen LogP contribution in [-0.2, 0) is 11.0 Å². The van der Waals surface area contributed by atoms with Crippen molar-refractivity contribution in [2.45, 2.75) is 68.5 Å². The highest BCUT2D eigenvalue weighted by molar-refractivity contribution is 7.23. The van der Waals surface area contributed by atoms with Gasteiger partial charge in [-0.25, -0.2) is 13.2 Å². The van der Waals surface area contributed by atoms with Crippen LogP contribution in [0.5, 0.6) is 6.01 Å². The number of nitrogens with zero attached hydrogens (tertiary/aromatic N) is 6. The first kappa shape index (κ1) is 32.8. The van der Waals surface area contributed by atoms with E-state index in [9.17, 15) is 32.0 Å². The molecule has 1 aliphatic carbocycles. The quantitative estimate of drug-likeness (QED) is 0.219. The Morgan fingerprint density at radius 1 is 1.22 bits per heavy atom. The number of nitrogen functional groups attached to an aromatic ring is 1. The van der Waals surface area contributed by atoms with Gasteiger partial charge in [0.1, 0.15) is 41.0 Å². The molecule has 2 N–H and O–H groups in total. The molecule has 4 aliphatic rings. The molecule has 9 nitrogen and oxygen atoms in total. The molecule has 16 heteroatoms. The van der Waals surface area contributed by atoms with Gasteiger partial charge in [-0.2, -0.15) is 28.4 Å². The maximum absolute atomic E-state index is 17.1. The molecule has 0 bridgehead atoms. The first-order valence-electron chi connectivity index (χ1n) is 16.4. The van der Waals surface area contributed by atoms with Crippen LogP contribution in [0.4, 0.5) is 37.2 Å². The predicted molar refractivity (Wildman–Crippen MR) is 174 cm³/mol. The number of hydrogen-bond acceptors (Lipinski definition) is 9. The average molecular weight is 716 g/mol. The van der Waals surface area contributed by atoms with Gasteiger partial charge in [0.15, 0.2) is 5.82 Å². The van der Waals surface area contributed by atoms with Crippen LogP contribution in [-0.4, -0.2) is 82.8 Å². The third kappa shape index (κ3) is 5.19. The number of carbonyl (C=O) groups excluding carboxylic acids is 1. The highest BCUT2D eigenvalue weighted by atomic mass is 32.1. The van der Waals surface area contributed by atoms with Gasteiger partial charge in [0.2, 0.25) is 5.91 Å². The molecule has 3 aliphatic heterocycles. The van der Waals surface area contributed by atoms with E-state index in [1.807, 2.05) is 11.0 Å². The topological polar surface area (TPSA) is 112 Å². The summed E-state index contributed by atoms with van der Waals surface area (Å²) in [4.78, 5) is 27.0. The van der Waals surface area contributed by atoms with Gasteiger partial charge in [0, 0.05) is 55.4 Å². The van der Waals surface area contributed by atoms with E-state index in [-0.39, 0.29) is 81.4 Å². The van der Waals surface area contributed by atoms with E-state index in [1.54, 1.807) is 16.8 Å².